The van der Waals surface area contributed by atoms with Crippen molar-refractivity contribution in [2.24, 2.45) is 0 Å². The number of fused-ring (bicyclic) bond motifs is 1. The molecule has 1 amide bonds. The van der Waals surface area contributed by atoms with Crippen molar-refractivity contribution in [1.82, 2.24) is 9.78 Å². The highest BCUT2D eigenvalue weighted by Gasteiger charge is 2.48. The van der Waals surface area contributed by atoms with Gasteiger partial charge in [0, 0.05) is 11.4 Å². The number of hydrogen-bond acceptors (Lipinski definition) is 5. The van der Waals surface area contributed by atoms with Gasteiger partial charge in [-0.1, -0.05) is 11.6 Å². The van der Waals surface area contributed by atoms with Gasteiger partial charge in [-0.15, -0.1) is 0 Å². The molecule has 1 aromatic carbocycles. The summed E-state index contributed by atoms with van der Waals surface area (Å²) in [6, 6.07) is 5.02. The van der Waals surface area contributed by atoms with Crippen LogP contribution in [0.1, 0.15) is 34.8 Å². The summed E-state index contributed by atoms with van der Waals surface area (Å²) in [6.45, 7) is 0. The third-order valence-electron chi connectivity index (χ3n) is 4.86. The Morgan fingerprint density at radius 3 is 2.72 bits per heavy atom. The molecule has 0 fully saturated rings. The lowest BCUT2D eigenvalue weighted by Crippen LogP contribution is -2.35. The number of nitrogens with one attached hydrogen (secondary N) is 2. The minimum Gasteiger partial charge on any atom is -0.495 e. The van der Waals surface area contributed by atoms with Crippen molar-refractivity contribution in [1.29, 1.82) is 0 Å². The molecule has 3 aromatic rings. The van der Waals surface area contributed by atoms with Gasteiger partial charge in [0.05, 0.1) is 23.3 Å². The molecule has 13 heteroatoms. The van der Waals surface area contributed by atoms with Crippen LogP contribution >= 0.6 is 43.5 Å². The fraction of sp³-hybridized carbons (Fsp3) is 0.263. The second-order valence-corrected chi connectivity index (χ2v) is 8.90. The summed E-state index contributed by atoms with van der Waals surface area (Å²) in [5.74, 6) is -0.0728. The third-order valence-corrected chi connectivity index (χ3v) is 6.27. The number of methoxy groups -OCH3 is 1. The fourth-order valence-corrected chi connectivity index (χ4v) is 4.44. The molecule has 1 aliphatic heterocycles. The standard InChI is InChI=1S/C19H14Br2ClF3N4O3/c1-31-11-3-2-8(22)6-9(11)27-18(30)16-15(21)17-26-10(12-4-5-14(20)32-12)7-13(19(23,24)25)29(17)28-16/h2-6,10,13,26H,7H2,1H3,(H,27,30)/t10-,13-/m1/s1. The van der Waals surface area contributed by atoms with Crippen molar-refractivity contribution >= 4 is 60.9 Å². The minimum absolute atomic E-state index is 0.0132. The van der Waals surface area contributed by atoms with Crippen molar-refractivity contribution in [3.63, 3.8) is 0 Å². The van der Waals surface area contributed by atoms with Crippen LogP contribution in [0.15, 0.2) is 43.9 Å². The van der Waals surface area contributed by atoms with Crippen molar-refractivity contribution in [3.8, 4) is 5.75 Å². The van der Waals surface area contributed by atoms with E-state index in [0.717, 1.165) is 4.68 Å². The number of alkyl halides is 3. The Balaban J connectivity index is 1.71. The van der Waals surface area contributed by atoms with E-state index in [0.29, 0.717) is 21.2 Å². The Morgan fingerprint density at radius 1 is 1.34 bits per heavy atom. The van der Waals surface area contributed by atoms with Crippen molar-refractivity contribution in [3.05, 3.63) is 56.0 Å². The molecule has 0 bridgehead atoms. The van der Waals surface area contributed by atoms with Crippen molar-refractivity contribution < 1.29 is 27.1 Å². The molecule has 0 spiro atoms. The van der Waals surface area contributed by atoms with E-state index in [9.17, 15) is 18.0 Å². The van der Waals surface area contributed by atoms with Crippen LogP contribution in [0.4, 0.5) is 24.7 Å². The van der Waals surface area contributed by atoms with Gasteiger partial charge in [0.15, 0.2) is 16.4 Å². The minimum atomic E-state index is -4.60. The van der Waals surface area contributed by atoms with Crippen LogP contribution in [0.2, 0.25) is 5.02 Å². The zero-order chi connectivity index (χ0) is 23.2. The highest BCUT2D eigenvalue weighted by Crippen LogP contribution is 2.46. The topological polar surface area (TPSA) is 81.3 Å². The second-order valence-electron chi connectivity index (χ2n) is 6.89. The van der Waals surface area contributed by atoms with Crippen LogP contribution in [0, 0.1) is 0 Å². The molecule has 3 heterocycles. The lowest BCUT2D eigenvalue weighted by Gasteiger charge is -2.32. The van der Waals surface area contributed by atoms with Crippen molar-refractivity contribution in [2.45, 2.75) is 24.7 Å². The molecular weight excluding hydrogens is 584 g/mol. The molecule has 2 atom stereocenters. The molecule has 32 heavy (non-hydrogen) atoms. The largest absolute Gasteiger partial charge is 0.495 e. The quantitative estimate of drug-likeness (QED) is 0.355. The summed E-state index contributed by atoms with van der Waals surface area (Å²) < 4.78 is 53.5. The summed E-state index contributed by atoms with van der Waals surface area (Å²) >= 11 is 12.4. The maximum Gasteiger partial charge on any atom is 0.410 e. The van der Waals surface area contributed by atoms with Crippen LogP contribution in [-0.2, 0) is 0 Å². The lowest BCUT2D eigenvalue weighted by molar-refractivity contribution is -0.174. The lowest BCUT2D eigenvalue weighted by atomic mass is 10.0. The van der Waals surface area contributed by atoms with Gasteiger partial charge in [-0.2, -0.15) is 18.3 Å². The highest BCUT2D eigenvalue weighted by atomic mass is 79.9. The van der Waals surface area contributed by atoms with Crippen LogP contribution < -0.4 is 15.4 Å². The number of benzene rings is 1. The Kier molecular flexibility index (Phi) is 6.21. The number of aromatic nitrogens is 2. The summed E-state index contributed by atoms with van der Waals surface area (Å²) in [6.07, 6.45) is -4.97. The number of halogens is 6. The average molecular weight is 599 g/mol. The van der Waals surface area contributed by atoms with Gasteiger partial charge in [-0.25, -0.2) is 4.68 Å². The van der Waals surface area contributed by atoms with Gasteiger partial charge in [-0.05, 0) is 62.2 Å². The fourth-order valence-electron chi connectivity index (χ4n) is 3.40. The van der Waals surface area contributed by atoms with E-state index in [1.807, 2.05) is 0 Å². The maximum atomic E-state index is 13.9. The average Bonchev–Trinajstić information content (AvgIpc) is 3.30. The number of hydrogen-bond donors (Lipinski definition) is 2. The number of nitrogens with zero attached hydrogens (tertiary/aromatic N) is 2. The van der Waals surface area contributed by atoms with E-state index in [2.05, 4.69) is 47.6 Å². The Morgan fingerprint density at radius 2 is 2.09 bits per heavy atom. The summed E-state index contributed by atoms with van der Waals surface area (Å²) in [5.41, 5.74) is 0.0200. The molecule has 1 aliphatic rings. The molecule has 170 valence electrons. The van der Waals surface area contributed by atoms with Crippen LogP contribution in [0.3, 0.4) is 0 Å². The highest BCUT2D eigenvalue weighted by molar-refractivity contribution is 9.10. The molecule has 4 rings (SSSR count). The Hall–Kier alpha value is -2.18. The predicted molar refractivity (Wildman–Crippen MR) is 118 cm³/mol. The van der Waals surface area contributed by atoms with Gasteiger partial charge < -0.3 is 19.8 Å². The molecule has 0 unspecified atom stereocenters. The smallest absolute Gasteiger partial charge is 0.410 e. The Labute approximate surface area is 201 Å². The first-order valence-corrected chi connectivity index (χ1v) is 11.1. The third kappa shape index (κ3) is 4.35. The number of anilines is 2. The Bertz CT molecular complexity index is 1180. The maximum absolute atomic E-state index is 13.9. The monoisotopic (exact) mass is 596 g/mol. The van der Waals surface area contributed by atoms with Crippen LogP contribution in [0.25, 0.3) is 0 Å². The molecule has 2 N–H and O–H groups in total. The van der Waals surface area contributed by atoms with E-state index in [-0.39, 0.29) is 28.1 Å². The summed E-state index contributed by atoms with van der Waals surface area (Å²) in [7, 11) is 1.41. The van der Waals surface area contributed by atoms with E-state index in [1.165, 1.54) is 13.2 Å². The zero-order valence-electron chi connectivity index (χ0n) is 16.1. The van der Waals surface area contributed by atoms with Gasteiger partial charge in [0.25, 0.3) is 5.91 Å². The van der Waals surface area contributed by atoms with Gasteiger partial charge in [-0.3, -0.25) is 4.79 Å². The molecule has 2 aromatic heterocycles. The van der Waals surface area contributed by atoms with Crippen molar-refractivity contribution in [2.75, 3.05) is 17.7 Å². The number of carbonyl (C=O) groups is 1. The predicted octanol–water partition coefficient (Wildman–Crippen LogP) is 6.58. The second kappa shape index (κ2) is 8.64. The van der Waals surface area contributed by atoms with E-state index < -0.39 is 24.2 Å². The summed E-state index contributed by atoms with van der Waals surface area (Å²) in [4.78, 5) is 12.9. The SMILES string of the molecule is COc1ccc(Cl)cc1NC(=O)c1nn2c(c1Br)N[C@@H](c1ccc(Br)o1)C[C@@H]2C(F)(F)F. The molecule has 0 aliphatic carbocycles. The molecule has 0 saturated heterocycles. The van der Waals surface area contributed by atoms with Gasteiger partial charge in [0.1, 0.15) is 17.3 Å². The van der Waals surface area contributed by atoms with Crippen LogP contribution in [-0.4, -0.2) is 29.0 Å². The number of furan rings is 1. The van der Waals surface area contributed by atoms with E-state index >= 15 is 0 Å². The van der Waals surface area contributed by atoms with E-state index in [1.54, 1.807) is 24.3 Å². The van der Waals surface area contributed by atoms with Gasteiger partial charge in [0.2, 0.25) is 0 Å². The van der Waals surface area contributed by atoms with E-state index in [4.69, 9.17) is 20.8 Å². The van der Waals surface area contributed by atoms with Crippen LogP contribution in [0.5, 0.6) is 5.75 Å². The zero-order valence-corrected chi connectivity index (χ0v) is 20.1. The number of amides is 1. The molecule has 0 radical (unpaired) electrons. The number of rotatable bonds is 4. The van der Waals surface area contributed by atoms with Gasteiger partial charge >= 0.3 is 6.18 Å². The summed E-state index contributed by atoms with van der Waals surface area (Å²) in [5, 5.41) is 9.87. The number of carbonyl (C=O) groups excluding carboxylic acids is 1. The molecule has 7 nitrogen and oxygen atoms in total. The normalized spacial score (nSPS) is 18.1. The molecular formula is C19H14Br2ClF3N4O3. The first-order valence-electron chi connectivity index (χ1n) is 9.10. The first-order chi connectivity index (χ1) is 15.1. The first kappa shape index (κ1) is 23.0. The number of ether oxygens (including phenoxy) is 1. The molecule has 0 saturated carbocycles.